The highest BCUT2D eigenvalue weighted by molar-refractivity contribution is 5.67. The van der Waals surface area contributed by atoms with Gasteiger partial charge in [-0.1, -0.05) is 32.4 Å². The van der Waals surface area contributed by atoms with Crippen molar-refractivity contribution in [3.8, 4) is 5.88 Å². The summed E-state index contributed by atoms with van der Waals surface area (Å²) in [6.07, 6.45) is 1.15. The fraction of sp³-hybridized carbons (Fsp3) is 0.400. The first-order chi connectivity index (χ1) is 12.9. The molecule has 0 aliphatic carbocycles. The highest BCUT2D eigenvalue weighted by Crippen LogP contribution is 2.33. The zero-order chi connectivity index (χ0) is 20.0. The second kappa shape index (κ2) is 9.10. The number of nitrogens with one attached hydrogen (secondary N) is 1. The molecule has 0 bridgehead atoms. The third-order valence-electron chi connectivity index (χ3n) is 4.58. The molecule has 0 fully saturated rings. The molecule has 142 valence electrons. The van der Waals surface area contributed by atoms with Crippen LogP contribution in [0.5, 0.6) is 5.88 Å². The molecule has 0 radical (unpaired) electrons. The Labute approximate surface area is 159 Å². The van der Waals surface area contributed by atoms with Crippen molar-refractivity contribution in [2.24, 2.45) is 23.2 Å². The van der Waals surface area contributed by atoms with Crippen LogP contribution in [-0.4, -0.2) is 16.2 Å². The third kappa shape index (κ3) is 4.80. The van der Waals surface area contributed by atoms with E-state index in [1.165, 1.54) is 7.05 Å². The van der Waals surface area contributed by atoms with Gasteiger partial charge in [-0.2, -0.15) is 5.11 Å². The predicted octanol–water partition coefficient (Wildman–Crippen LogP) is 4.50. The van der Waals surface area contributed by atoms with E-state index >= 15 is 0 Å². The Hall–Kier alpha value is -2.98. The van der Waals surface area contributed by atoms with Crippen LogP contribution in [0, 0.1) is 19.4 Å². The van der Waals surface area contributed by atoms with Crippen molar-refractivity contribution >= 4 is 17.1 Å². The second-order valence-electron chi connectivity index (χ2n) is 6.63. The lowest BCUT2D eigenvalue weighted by Gasteiger charge is -2.10. The molecule has 27 heavy (non-hydrogen) atoms. The van der Waals surface area contributed by atoms with Gasteiger partial charge in [0.1, 0.15) is 5.69 Å². The Morgan fingerprint density at radius 3 is 2.56 bits per heavy atom. The number of nitrogens with zero attached hydrogens (tertiary/aromatic N) is 4. The van der Waals surface area contributed by atoms with Crippen LogP contribution in [0.2, 0.25) is 0 Å². The Morgan fingerprint density at radius 2 is 1.96 bits per heavy atom. The van der Waals surface area contributed by atoms with Crippen molar-refractivity contribution < 1.29 is 5.11 Å². The maximum absolute atomic E-state index is 12.3. The molecule has 0 amide bonds. The largest absolute Gasteiger partial charge is 0.503 e. The quantitative estimate of drug-likeness (QED) is 0.558. The van der Waals surface area contributed by atoms with E-state index in [0.29, 0.717) is 17.2 Å². The maximum Gasteiger partial charge on any atom is 0.278 e. The normalized spacial score (nSPS) is 12.3. The van der Waals surface area contributed by atoms with E-state index in [9.17, 15) is 9.90 Å². The molecule has 0 saturated carbocycles. The topological polar surface area (TPSA) is 83.3 Å². The fourth-order valence-electron chi connectivity index (χ4n) is 2.50. The summed E-state index contributed by atoms with van der Waals surface area (Å²) in [5.41, 5.74) is 1.64. The van der Waals surface area contributed by atoms with Crippen LogP contribution in [0.1, 0.15) is 31.4 Å². The molecule has 0 spiro atoms. The predicted molar refractivity (Wildman–Crippen MR) is 106 cm³/mol. The molecular formula is C20H25N5O2. The van der Waals surface area contributed by atoms with E-state index in [0.717, 1.165) is 29.6 Å². The first-order valence-electron chi connectivity index (χ1n) is 8.90. The van der Waals surface area contributed by atoms with Gasteiger partial charge in [0.15, 0.2) is 5.88 Å². The molecule has 7 heteroatoms. The Morgan fingerprint density at radius 1 is 1.30 bits per heavy atom. The molecule has 2 N–H and O–H groups in total. The number of azo groups is 1. The first kappa shape index (κ1) is 20.3. The lowest BCUT2D eigenvalue weighted by Crippen LogP contribution is -2.20. The average Bonchev–Trinajstić information content (AvgIpc) is 2.67. The number of rotatable bonds is 7. The van der Waals surface area contributed by atoms with Gasteiger partial charge in [0.25, 0.3) is 5.56 Å². The number of hydrogen-bond acceptors (Lipinski definition) is 5. The van der Waals surface area contributed by atoms with Crippen molar-refractivity contribution in [2.75, 3.05) is 6.54 Å². The fourth-order valence-corrected chi connectivity index (χ4v) is 2.50. The Kier molecular flexibility index (Phi) is 6.85. The minimum Gasteiger partial charge on any atom is -0.503 e. The van der Waals surface area contributed by atoms with Crippen molar-refractivity contribution in [1.82, 2.24) is 9.88 Å². The molecule has 0 aliphatic rings. The average molecular weight is 367 g/mol. The van der Waals surface area contributed by atoms with Crippen LogP contribution in [0.15, 0.2) is 39.3 Å². The molecule has 1 atom stereocenters. The summed E-state index contributed by atoms with van der Waals surface area (Å²) in [5.74, 6) is 0.287. The highest BCUT2D eigenvalue weighted by Gasteiger charge is 2.17. The van der Waals surface area contributed by atoms with Gasteiger partial charge in [0.05, 0.1) is 12.3 Å². The van der Waals surface area contributed by atoms with Gasteiger partial charge >= 0.3 is 0 Å². The number of benzene rings is 1. The number of hydrogen-bond donors (Lipinski definition) is 2. The molecule has 1 unspecified atom stereocenters. The van der Waals surface area contributed by atoms with Gasteiger partial charge in [-0.05, 0) is 42.6 Å². The summed E-state index contributed by atoms with van der Waals surface area (Å²) in [7, 11) is 1.39. The summed E-state index contributed by atoms with van der Waals surface area (Å²) in [4.78, 5) is 15.6. The second-order valence-corrected chi connectivity index (χ2v) is 6.63. The lowest BCUT2D eigenvalue weighted by molar-refractivity contribution is 0.426. The van der Waals surface area contributed by atoms with Crippen LogP contribution in [0.3, 0.4) is 0 Å². The van der Waals surface area contributed by atoms with Gasteiger partial charge in [-0.3, -0.25) is 9.36 Å². The van der Waals surface area contributed by atoms with Crippen molar-refractivity contribution in [3.05, 3.63) is 57.2 Å². The molecule has 0 aliphatic heterocycles. The minimum atomic E-state index is -0.494. The van der Waals surface area contributed by atoms with E-state index in [2.05, 4.69) is 34.2 Å². The minimum absolute atomic E-state index is 0.00813. The van der Waals surface area contributed by atoms with Gasteiger partial charge in [0.2, 0.25) is 5.69 Å². The first-order valence-corrected chi connectivity index (χ1v) is 8.90. The smallest absolute Gasteiger partial charge is 0.278 e. The van der Waals surface area contributed by atoms with Crippen LogP contribution in [0.25, 0.3) is 4.85 Å². The molecule has 1 aromatic heterocycles. The number of aromatic hydroxyl groups is 1. The highest BCUT2D eigenvalue weighted by atomic mass is 16.3. The zero-order valence-electron chi connectivity index (χ0n) is 16.2. The summed E-state index contributed by atoms with van der Waals surface area (Å²) in [6, 6.07) is 7.59. The summed E-state index contributed by atoms with van der Waals surface area (Å²) < 4.78 is 1.00. The molecular weight excluding hydrogens is 342 g/mol. The molecule has 1 heterocycles. The van der Waals surface area contributed by atoms with E-state index in [-0.39, 0.29) is 17.3 Å². The monoisotopic (exact) mass is 367 g/mol. The van der Waals surface area contributed by atoms with Gasteiger partial charge < -0.3 is 10.4 Å². The molecule has 7 nitrogen and oxygen atoms in total. The zero-order valence-corrected chi connectivity index (χ0v) is 16.2. The van der Waals surface area contributed by atoms with Crippen LogP contribution >= 0.6 is 0 Å². The van der Waals surface area contributed by atoms with E-state index in [4.69, 9.17) is 6.57 Å². The number of aromatic nitrogens is 1. The summed E-state index contributed by atoms with van der Waals surface area (Å²) >= 11 is 0. The summed E-state index contributed by atoms with van der Waals surface area (Å²) in [6.45, 7) is 14.9. The van der Waals surface area contributed by atoms with Gasteiger partial charge in [0, 0.05) is 13.6 Å². The Bertz CT molecular complexity index is 923. The third-order valence-corrected chi connectivity index (χ3v) is 4.58. The Balaban J connectivity index is 2.16. The lowest BCUT2D eigenvalue weighted by atomic mass is 10.1. The standard InChI is InChI=1S/C20H25N5O2/c1-6-13(2)11-22-12-15-7-9-16(10-8-15)23-24-18-14(3)17(21-4)19(26)25(5)20(18)27/h7-10,13,22,26H,6,11-12H2,1-3,5H3. The van der Waals surface area contributed by atoms with Gasteiger partial charge in [-0.25, -0.2) is 4.85 Å². The molecule has 0 saturated heterocycles. The van der Waals surface area contributed by atoms with Crippen LogP contribution < -0.4 is 10.9 Å². The summed E-state index contributed by atoms with van der Waals surface area (Å²) in [5, 5.41) is 21.5. The van der Waals surface area contributed by atoms with Crippen molar-refractivity contribution in [2.45, 2.75) is 33.7 Å². The molecule has 2 aromatic rings. The molecule has 2 rings (SSSR count). The number of pyridine rings is 1. The van der Waals surface area contributed by atoms with E-state index in [1.807, 2.05) is 24.3 Å². The SMILES string of the molecule is [C-]#[N+]c1c(C)c(N=Nc2ccc(CNCC(C)CC)cc2)c(=O)n(C)c1O. The van der Waals surface area contributed by atoms with E-state index in [1.54, 1.807) is 6.92 Å². The van der Waals surface area contributed by atoms with Crippen LogP contribution in [-0.2, 0) is 13.6 Å². The molecule has 1 aromatic carbocycles. The van der Waals surface area contributed by atoms with E-state index < -0.39 is 5.56 Å². The van der Waals surface area contributed by atoms with Crippen LogP contribution in [0.4, 0.5) is 17.1 Å². The van der Waals surface area contributed by atoms with Crippen molar-refractivity contribution in [1.29, 1.82) is 0 Å². The van der Waals surface area contributed by atoms with Gasteiger partial charge in [-0.15, -0.1) is 5.11 Å². The maximum atomic E-state index is 12.3. The van der Waals surface area contributed by atoms with Crippen molar-refractivity contribution in [3.63, 3.8) is 0 Å².